The molecule has 0 bridgehead atoms. The van der Waals surface area contributed by atoms with Crippen LogP contribution in [-0.4, -0.2) is 5.78 Å². The zero-order valence-electron chi connectivity index (χ0n) is 10.5. The molecule has 0 radical (unpaired) electrons. The maximum atomic E-state index is 11.3. The molecule has 0 saturated heterocycles. The number of carbonyl (C=O) groups is 1. The van der Waals surface area contributed by atoms with Gasteiger partial charge in [0.2, 0.25) is 0 Å². The van der Waals surface area contributed by atoms with Gasteiger partial charge < -0.3 is 0 Å². The van der Waals surface area contributed by atoms with Gasteiger partial charge in [0.25, 0.3) is 0 Å². The molecule has 0 atom stereocenters. The van der Waals surface area contributed by atoms with Crippen molar-refractivity contribution in [1.29, 1.82) is 0 Å². The van der Waals surface area contributed by atoms with Gasteiger partial charge in [-0.2, -0.15) is 0 Å². The highest BCUT2D eigenvalue weighted by Gasteiger charge is 2.45. The number of ketones is 1. The molecule has 3 rings (SSSR count). The van der Waals surface area contributed by atoms with E-state index in [9.17, 15) is 4.79 Å². The second kappa shape index (κ2) is 4.09. The number of benzene rings is 2. The van der Waals surface area contributed by atoms with E-state index < -0.39 is 0 Å². The summed E-state index contributed by atoms with van der Waals surface area (Å²) in [6, 6.07) is 18.8. The summed E-state index contributed by atoms with van der Waals surface area (Å²) in [7, 11) is 0. The fourth-order valence-corrected chi connectivity index (χ4v) is 2.65. The number of carbonyl (C=O) groups excluding carboxylic acids is 1. The molecule has 1 saturated carbocycles. The van der Waals surface area contributed by atoms with E-state index >= 15 is 0 Å². The molecule has 1 fully saturated rings. The monoisotopic (exact) mass is 236 g/mol. The summed E-state index contributed by atoms with van der Waals surface area (Å²) in [5, 5.41) is 0. The molecule has 2 aromatic carbocycles. The number of rotatable bonds is 3. The molecular formula is C17H16O. The summed E-state index contributed by atoms with van der Waals surface area (Å²) >= 11 is 0. The smallest absolute Gasteiger partial charge is 0.159 e. The lowest BCUT2D eigenvalue weighted by Crippen LogP contribution is -2.08. The van der Waals surface area contributed by atoms with E-state index in [-0.39, 0.29) is 11.2 Å². The second-order valence-corrected chi connectivity index (χ2v) is 5.08. The van der Waals surface area contributed by atoms with E-state index in [4.69, 9.17) is 0 Å². The van der Waals surface area contributed by atoms with Gasteiger partial charge in [-0.3, -0.25) is 4.79 Å². The minimum atomic E-state index is 0.131. The van der Waals surface area contributed by atoms with E-state index in [0.717, 1.165) is 5.56 Å². The topological polar surface area (TPSA) is 17.1 Å². The lowest BCUT2D eigenvalue weighted by atomic mass is 9.87. The lowest BCUT2D eigenvalue weighted by Gasteiger charge is -2.16. The first-order valence-electron chi connectivity index (χ1n) is 6.39. The second-order valence-electron chi connectivity index (χ2n) is 5.08. The first-order chi connectivity index (χ1) is 8.72. The number of Topliss-reactive ketones (excluding diaryl/α,β-unsaturated/α-hetero) is 1. The van der Waals surface area contributed by atoms with Crippen LogP contribution in [0.3, 0.4) is 0 Å². The number of hydrogen-bond acceptors (Lipinski definition) is 1. The van der Waals surface area contributed by atoms with Crippen LogP contribution >= 0.6 is 0 Å². The third kappa shape index (κ3) is 1.76. The van der Waals surface area contributed by atoms with Crippen LogP contribution in [0.1, 0.15) is 41.3 Å². The number of hydrogen-bond donors (Lipinski definition) is 0. The van der Waals surface area contributed by atoms with Crippen LogP contribution in [-0.2, 0) is 5.41 Å². The molecule has 2 aromatic rings. The molecule has 0 N–H and O–H groups in total. The molecule has 0 amide bonds. The zero-order valence-corrected chi connectivity index (χ0v) is 10.5. The Bertz CT molecular complexity index is 562. The quantitative estimate of drug-likeness (QED) is 0.737. The van der Waals surface area contributed by atoms with E-state index in [1.54, 1.807) is 6.92 Å². The Morgan fingerprint density at radius 1 is 0.889 bits per heavy atom. The van der Waals surface area contributed by atoms with Crippen molar-refractivity contribution < 1.29 is 4.79 Å². The van der Waals surface area contributed by atoms with Crippen LogP contribution in [0.25, 0.3) is 0 Å². The molecular weight excluding hydrogens is 220 g/mol. The van der Waals surface area contributed by atoms with E-state index in [1.165, 1.54) is 24.0 Å². The van der Waals surface area contributed by atoms with Gasteiger partial charge in [-0.15, -0.1) is 0 Å². The van der Waals surface area contributed by atoms with Gasteiger partial charge in [0, 0.05) is 11.0 Å². The van der Waals surface area contributed by atoms with Gasteiger partial charge in [0.05, 0.1) is 0 Å². The third-order valence-corrected chi connectivity index (χ3v) is 3.92. The van der Waals surface area contributed by atoms with Crippen LogP contribution in [0.2, 0.25) is 0 Å². The summed E-state index contributed by atoms with van der Waals surface area (Å²) < 4.78 is 0. The Morgan fingerprint density at radius 2 is 1.44 bits per heavy atom. The first kappa shape index (κ1) is 11.2. The molecule has 0 aromatic heterocycles. The molecule has 1 heteroatoms. The van der Waals surface area contributed by atoms with Crippen LogP contribution < -0.4 is 0 Å². The van der Waals surface area contributed by atoms with Gasteiger partial charge >= 0.3 is 0 Å². The summed E-state index contributed by atoms with van der Waals surface area (Å²) in [5.41, 5.74) is 3.72. The molecule has 0 heterocycles. The fraction of sp³-hybridized carbons (Fsp3) is 0.235. The highest BCUT2D eigenvalue weighted by atomic mass is 16.1. The predicted octanol–water partition coefficient (Wildman–Crippen LogP) is 3.97. The van der Waals surface area contributed by atoms with E-state index in [0.29, 0.717) is 0 Å². The van der Waals surface area contributed by atoms with Crippen molar-refractivity contribution in [3.8, 4) is 0 Å². The molecule has 0 aliphatic heterocycles. The molecule has 90 valence electrons. The average Bonchev–Trinajstić information content (AvgIpc) is 3.21. The molecule has 0 spiro atoms. The van der Waals surface area contributed by atoms with Crippen LogP contribution in [0.4, 0.5) is 0 Å². The normalized spacial score (nSPS) is 16.3. The highest BCUT2D eigenvalue weighted by Crippen LogP contribution is 2.53. The minimum absolute atomic E-state index is 0.131. The van der Waals surface area contributed by atoms with Crippen LogP contribution in [0, 0.1) is 0 Å². The third-order valence-electron chi connectivity index (χ3n) is 3.92. The van der Waals surface area contributed by atoms with Crippen LogP contribution in [0.15, 0.2) is 54.6 Å². The summed E-state index contributed by atoms with van der Waals surface area (Å²) in [6.07, 6.45) is 2.41. The largest absolute Gasteiger partial charge is 0.295 e. The Hall–Kier alpha value is -1.89. The van der Waals surface area contributed by atoms with Crippen molar-refractivity contribution in [3.05, 3.63) is 71.3 Å². The van der Waals surface area contributed by atoms with Crippen molar-refractivity contribution in [2.75, 3.05) is 0 Å². The van der Waals surface area contributed by atoms with Crippen molar-refractivity contribution in [2.45, 2.75) is 25.2 Å². The Labute approximate surface area is 107 Å². The SMILES string of the molecule is CC(=O)c1ccc(C2(c3ccccc3)CC2)cc1. The van der Waals surface area contributed by atoms with Crippen molar-refractivity contribution in [2.24, 2.45) is 0 Å². The summed E-state index contributed by atoms with van der Waals surface area (Å²) in [5.74, 6) is 0.131. The van der Waals surface area contributed by atoms with Gasteiger partial charge in [-0.25, -0.2) is 0 Å². The average molecular weight is 236 g/mol. The van der Waals surface area contributed by atoms with E-state index in [1.807, 2.05) is 12.1 Å². The molecule has 1 nitrogen and oxygen atoms in total. The fourth-order valence-electron chi connectivity index (χ4n) is 2.65. The zero-order chi connectivity index (χ0) is 12.6. The summed E-state index contributed by atoms with van der Waals surface area (Å²) in [4.78, 5) is 11.3. The van der Waals surface area contributed by atoms with Gasteiger partial charge in [0.15, 0.2) is 5.78 Å². The van der Waals surface area contributed by atoms with Gasteiger partial charge in [-0.1, -0.05) is 54.6 Å². The van der Waals surface area contributed by atoms with Gasteiger partial charge in [-0.05, 0) is 30.9 Å². The first-order valence-corrected chi connectivity index (χ1v) is 6.39. The Morgan fingerprint density at radius 3 is 1.94 bits per heavy atom. The lowest BCUT2D eigenvalue weighted by molar-refractivity contribution is 0.101. The van der Waals surface area contributed by atoms with Gasteiger partial charge in [0.1, 0.15) is 0 Å². The van der Waals surface area contributed by atoms with Crippen molar-refractivity contribution in [1.82, 2.24) is 0 Å². The standard InChI is InChI=1S/C17H16O/c1-13(18)14-7-9-16(10-8-14)17(11-12-17)15-5-3-2-4-6-15/h2-10H,11-12H2,1H3. The van der Waals surface area contributed by atoms with Crippen LogP contribution in [0.5, 0.6) is 0 Å². The summed E-state index contributed by atoms with van der Waals surface area (Å²) in [6.45, 7) is 1.61. The van der Waals surface area contributed by atoms with Crippen molar-refractivity contribution >= 4 is 5.78 Å². The maximum absolute atomic E-state index is 11.3. The maximum Gasteiger partial charge on any atom is 0.159 e. The predicted molar refractivity (Wildman–Crippen MR) is 72.9 cm³/mol. The molecule has 1 aliphatic rings. The minimum Gasteiger partial charge on any atom is -0.295 e. The van der Waals surface area contributed by atoms with Crippen molar-refractivity contribution in [3.63, 3.8) is 0 Å². The Kier molecular flexibility index (Phi) is 2.55. The molecule has 0 unspecified atom stereocenters. The highest BCUT2D eigenvalue weighted by molar-refractivity contribution is 5.94. The van der Waals surface area contributed by atoms with E-state index in [2.05, 4.69) is 42.5 Å². The Balaban J connectivity index is 1.98. The molecule has 1 aliphatic carbocycles. The molecule has 18 heavy (non-hydrogen) atoms.